The quantitative estimate of drug-likeness (QED) is 0.790. The predicted octanol–water partition coefficient (Wildman–Crippen LogP) is 3.19. The van der Waals surface area contributed by atoms with Gasteiger partial charge in [-0.05, 0) is 44.4 Å². The largest absolute Gasteiger partial charge is 0.493 e. The highest BCUT2D eigenvalue weighted by Gasteiger charge is 2.17. The minimum atomic E-state index is -0.462. The van der Waals surface area contributed by atoms with Crippen LogP contribution in [0.4, 0.5) is 4.79 Å². The normalized spacial score (nSPS) is 14.8. The van der Waals surface area contributed by atoms with Crippen molar-refractivity contribution >= 4 is 6.09 Å². The van der Waals surface area contributed by atoms with E-state index in [2.05, 4.69) is 35.8 Å². The number of alkyl carbamates (subject to hydrolysis) is 1. The number of hydrogen-bond donors (Lipinski definition) is 2. The molecule has 2 rings (SSSR count). The van der Waals surface area contributed by atoms with Gasteiger partial charge < -0.3 is 20.1 Å². The van der Waals surface area contributed by atoms with Gasteiger partial charge in [0.25, 0.3) is 0 Å². The zero-order valence-electron chi connectivity index (χ0n) is 14.6. The zero-order chi connectivity index (χ0) is 16.9. The number of ether oxygens (including phenoxy) is 2. The fraction of sp³-hybridized carbons (Fsp3) is 0.611. The van der Waals surface area contributed by atoms with Crippen LogP contribution in [0.2, 0.25) is 0 Å². The molecular formula is C18H28N2O3. The Morgan fingerprint density at radius 1 is 1.35 bits per heavy atom. The van der Waals surface area contributed by atoms with E-state index in [4.69, 9.17) is 9.47 Å². The molecule has 5 nitrogen and oxygen atoms in total. The first kappa shape index (κ1) is 17.6. The molecule has 1 atom stereocenters. The molecule has 5 heteroatoms. The van der Waals surface area contributed by atoms with E-state index in [1.54, 1.807) is 0 Å². The van der Waals surface area contributed by atoms with Crippen molar-refractivity contribution in [3.8, 4) is 5.75 Å². The van der Waals surface area contributed by atoms with Crippen LogP contribution in [0, 0.1) is 0 Å². The number of fused-ring (bicyclic) bond motifs is 1. The number of rotatable bonds is 6. The Hall–Kier alpha value is -1.75. The fourth-order valence-electron chi connectivity index (χ4n) is 2.65. The number of benzene rings is 1. The molecule has 0 radical (unpaired) electrons. The number of hydrogen-bond acceptors (Lipinski definition) is 4. The molecule has 1 aromatic rings. The lowest BCUT2D eigenvalue weighted by molar-refractivity contribution is 0.0528. The van der Waals surface area contributed by atoms with Gasteiger partial charge >= 0.3 is 6.09 Å². The summed E-state index contributed by atoms with van der Waals surface area (Å²) in [6.07, 6.45) is 1.60. The van der Waals surface area contributed by atoms with Crippen molar-refractivity contribution in [3.63, 3.8) is 0 Å². The highest BCUT2D eigenvalue weighted by molar-refractivity contribution is 5.67. The van der Waals surface area contributed by atoms with Gasteiger partial charge in [-0.2, -0.15) is 0 Å². The summed E-state index contributed by atoms with van der Waals surface area (Å²) in [7, 11) is 0. The maximum atomic E-state index is 11.6. The Kier molecular flexibility index (Phi) is 5.88. The summed E-state index contributed by atoms with van der Waals surface area (Å²) >= 11 is 0. The highest BCUT2D eigenvalue weighted by Crippen LogP contribution is 2.28. The maximum absolute atomic E-state index is 11.6. The van der Waals surface area contributed by atoms with Gasteiger partial charge in [-0.3, -0.25) is 0 Å². The summed E-state index contributed by atoms with van der Waals surface area (Å²) in [5.41, 5.74) is 2.10. The third-order valence-corrected chi connectivity index (χ3v) is 3.71. The Balaban J connectivity index is 1.78. The molecular weight excluding hydrogens is 292 g/mol. The molecule has 23 heavy (non-hydrogen) atoms. The van der Waals surface area contributed by atoms with Crippen LogP contribution >= 0.6 is 0 Å². The van der Waals surface area contributed by atoms with Crippen LogP contribution in [0.1, 0.15) is 51.3 Å². The number of carbonyl (C=O) groups excluding carboxylic acids is 1. The fourth-order valence-corrected chi connectivity index (χ4v) is 2.65. The van der Waals surface area contributed by atoms with Crippen molar-refractivity contribution in [2.75, 3.05) is 19.7 Å². The van der Waals surface area contributed by atoms with Gasteiger partial charge in [0.15, 0.2) is 0 Å². The molecule has 128 valence electrons. The van der Waals surface area contributed by atoms with Crippen LogP contribution in [-0.4, -0.2) is 31.4 Å². The van der Waals surface area contributed by atoms with Gasteiger partial charge in [0.05, 0.1) is 6.61 Å². The molecule has 1 unspecified atom stereocenters. The highest BCUT2D eigenvalue weighted by atomic mass is 16.6. The van der Waals surface area contributed by atoms with Crippen molar-refractivity contribution in [2.45, 2.75) is 52.2 Å². The third kappa shape index (κ3) is 5.43. The molecule has 1 amide bonds. The van der Waals surface area contributed by atoms with E-state index in [0.717, 1.165) is 25.2 Å². The molecule has 0 saturated carbocycles. The van der Waals surface area contributed by atoms with E-state index in [9.17, 15) is 4.79 Å². The first-order valence-corrected chi connectivity index (χ1v) is 8.35. The third-order valence-electron chi connectivity index (χ3n) is 3.71. The molecule has 0 saturated heterocycles. The predicted molar refractivity (Wildman–Crippen MR) is 90.9 cm³/mol. The Morgan fingerprint density at radius 2 is 2.13 bits per heavy atom. The van der Waals surface area contributed by atoms with Crippen LogP contribution < -0.4 is 15.4 Å². The second kappa shape index (κ2) is 7.68. The van der Waals surface area contributed by atoms with E-state index in [0.29, 0.717) is 13.1 Å². The summed E-state index contributed by atoms with van der Waals surface area (Å²) in [5.74, 6) is 1.01. The Bertz CT molecular complexity index is 538. The number of carbonyl (C=O) groups is 1. The first-order valence-electron chi connectivity index (χ1n) is 8.35. The average Bonchev–Trinajstić information content (AvgIpc) is 2.93. The molecule has 0 spiro atoms. The van der Waals surface area contributed by atoms with Crippen molar-refractivity contribution in [3.05, 3.63) is 29.3 Å². The molecule has 0 fully saturated rings. The van der Waals surface area contributed by atoms with Crippen LogP contribution in [0.5, 0.6) is 5.75 Å². The summed E-state index contributed by atoms with van der Waals surface area (Å²) in [4.78, 5) is 11.6. The minimum absolute atomic E-state index is 0.279. The standard InChI is InChI=1S/C18H28N2O3/c1-5-15(13-6-7-16-14(12-13)8-11-22-16)19-9-10-20-17(21)23-18(2,3)4/h6-7,12,15,19H,5,8-11H2,1-4H3,(H,20,21). The summed E-state index contributed by atoms with van der Waals surface area (Å²) in [6.45, 7) is 9.75. The second-order valence-electron chi connectivity index (χ2n) is 6.81. The lowest BCUT2D eigenvalue weighted by Gasteiger charge is -2.21. The molecule has 1 aliphatic rings. The summed E-state index contributed by atoms with van der Waals surface area (Å²) in [6, 6.07) is 6.68. The Morgan fingerprint density at radius 3 is 2.83 bits per heavy atom. The van der Waals surface area contributed by atoms with Crippen LogP contribution in [0.15, 0.2) is 18.2 Å². The van der Waals surface area contributed by atoms with Crippen LogP contribution in [0.3, 0.4) is 0 Å². The van der Waals surface area contributed by atoms with Crippen LogP contribution in [-0.2, 0) is 11.2 Å². The first-order chi connectivity index (χ1) is 10.9. The lowest BCUT2D eigenvalue weighted by atomic mass is 10.0. The van der Waals surface area contributed by atoms with E-state index in [-0.39, 0.29) is 12.1 Å². The molecule has 1 heterocycles. The van der Waals surface area contributed by atoms with Crippen molar-refractivity contribution in [2.24, 2.45) is 0 Å². The van der Waals surface area contributed by atoms with Crippen LogP contribution in [0.25, 0.3) is 0 Å². The molecule has 2 N–H and O–H groups in total. The van der Waals surface area contributed by atoms with Gasteiger partial charge in [-0.25, -0.2) is 4.79 Å². The van der Waals surface area contributed by atoms with E-state index >= 15 is 0 Å². The monoisotopic (exact) mass is 320 g/mol. The van der Waals surface area contributed by atoms with Gasteiger partial charge in [0.2, 0.25) is 0 Å². The van der Waals surface area contributed by atoms with Crippen molar-refractivity contribution < 1.29 is 14.3 Å². The minimum Gasteiger partial charge on any atom is -0.493 e. The summed E-state index contributed by atoms with van der Waals surface area (Å²) < 4.78 is 10.8. The van der Waals surface area contributed by atoms with Crippen molar-refractivity contribution in [1.82, 2.24) is 10.6 Å². The van der Waals surface area contributed by atoms with Gasteiger partial charge in [-0.15, -0.1) is 0 Å². The topological polar surface area (TPSA) is 59.6 Å². The van der Waals surface area contributed by atoms with E-state index < -0.39 is 5.60 Å². The van der Waals surface area contributed by atoms with Crippen molar-refractivity contribution in [1.29, 1.82) is 0 Å². The molecule has 0 aliphatic carbocycles. The second-order valence-corrected chi connectivity index (χ2v) is 6.81. The SMILES string of the molecule is CCC(NCCNC(=O)OC(C)(C)C)c1ccc2c(c1)CCO2. The lowest BCUT2D eigenvalue weighted by Crippen LogP contribution is -2.37. The molecule has 1 aliphatic heterocycles. The molecule has 0 bridgehead atoms. The van der Waals surface area contributed by atoms with E-state index in [1.807, 2.05) is 20.8 Å². The van der Waals surface area contributed by atoms with E-state index in [1.165, 1.54) is 11.1 Å². The maximum Gasteiger partial charge on any atom is 0.407 e. The Labute approximate surface area is 138 Å². The zero-order valence-corrected chi connectivity index (χ0v) is 14.6. The number of nitrogens with one attached hydrogen (secondary N) is 2. The molecule has 1 aromatic carbocycles. The number of amides is 1. The van der Waals surface area contributed by atoms with Gasteiger partial charge in [0.1, 0.15) is 11.4 Å². The molecule has 0 aromatic heterocycles. The summed E-state index contributed by atoms with van der Waals surface area (Å²) in [5, 5.41) is 6.25. The smallest absolute Gasteiger partial charge is 0.407 e. The average molecular weight is 320 g/mol. The van der Waals surface area contributed by atoms with Gasteiger partial charge in [-0.1, -0.05) is 19.1 Å². The van der Waals surface area contributed by atoms with Gasteiger partial charge in [0, 0.05) is 25.6 Å².